The first-order valence-corrected chi connectivity index (χ1v) is 9.73. The highest BCUT2D eigenvalue weighted by atomic mass is 16.5. The SMILES string of the molecule is COc1cccc([C@@H]2C(=C(O)c3ccc(OC)cc3O)C(=O)C(=O)N2CCN(C)C)c1. The van der Waals surface area contributed by atoms with Crippen LogP contribution in [0.25, 0.3) is 5.76 Å². The van der Waals surface area contributed by atoms with Gasteiger partial charge in [0.2, 0.25) is 0 Å². The fourth-order valence-corrected chi connectivity index (χ4v) is 3.56. The van der Waals surface area contributed by atoms with E-state index in [0.29, 0.717) is 23.6 Å². The van der Waals surface area contributed by atoms with Crippen molar-refractivity contribution in [3.05, 3.63) is 59.2 Å². The van der Waals surface area contributed by atoms with Crippen LogP contribution in [0.15, 0.2) is 48.0 Å². The lowest BCUT2D eigenvalue weighted by atomic mass is 9.95. The third-order valence-electron chi connectivity index (χ3n) is 5.20. The standard InChI is InChI=1S/C23H26N2O6/c1-24(2)10-11-25-20(14-6-5-7-15(12-14)30-3)19(22(28)23(25)29)21(27)17-9-8-16(31-4)13-18(17)26/h5-9,12-13,20,26-27H,10-11H2,1-4H3/t20-/m1/s1. The van der Waals surface area contributed by atoms with E-state index < -0.39 is 23.5 Å². The summed E-state index contributed by atoms with van der Waals surface area (Å²) in [5.74, 6) is -1.27. The third kappa shape index (κ3) is 4.34. The van der Waals surface area contributed by atoms with E-state index in [1.165, 1.54) is 31.3 Å². The van der Waals surface area contributed by atoms with Crippen LogP contribution in [0.5, 0.6) is 17.2 Å². The lowest BCUT2D eigenvalue weighted by Crippen LogP contribution is -2.35. The molecule has 1 amide bonds. The number of Topliss-reactive ketones (excluding diaryl/α,β-unsaturated/α-hetero) is 1. The van der Waals surface area contributed by atoms with E-state index in [1.807, 2.05) is 19.0 Å². The van der Waals surface area contributed by atoms with Gasteiger partial charge in [0.15, 0.2) is 0 Å². The molecule has 1 fully saturated rings. The summed E-state index contributed by atoms with van der Waals surface area (Å²) in [5.41, 5.74) is 0.573. The molecular formula is C23H26N2O6. The number of likely N-dealkylation sites (tertiary alicyclic amines) is 1. The quantitative estimate of drug-likeness (QED) is 0.398. The molecule has 8 heteroatoms. The number of phenols is 1. The highest BCUT2D eigenvalue weighted by Crippen LogP contribution is 2.41. The zero-order valence-corrected chi connectivity index (χ0v) is 18.0. The lowest BCUT2D eigenvalue weighted by molar-refractivity contribution is -0.140. The molecule has 1 aliphatic rings. The molecule has 0 spiro atoms. The summed E-state index contributed by atoms with van der Waals surface area (Å²) < 4.78 is 10.4. The predicted molar refractivity (Wildman–Crippen MR) is 115 cm³/mol. The van der Waals surface area contributed by atoms with Crippen LogP contribution >= 0.6 is 0 Å². The minimum absolute atomic E-state index is 0.0410. The number of amides is 1. The van der Waals surface area contributed by atoms with Gasteiger partial charge in [0.25, 0.3) is 11.7 Å². The van der Waals surface area contributed by atoms with Gasteiger partial charge in [-0.3, -0.25) is 9.59 Å². The Bertz CT molecular complexity index is 1030. The fraction of sp³-hybridized carbons (Fsp3) is 0.304. The van der Waals surface area contributed by atoms with Crippen molar-refractivity contribution in [2.24, 2.45) is 0 Å². The molecule has 0 aliphatic carbocycles. The van der Waals surface area contributed by atoms with E-state index in [9.17, 15) is 19.8 Å². The van der Waals surface area contributed by atoms with Crippen LogP contribution in [0.2, 0.25) is 0 Å². The summed E-state index contributed by atoms with van der Waals surface area (Å²) in [6, 6.07) is 10.5. The number of phenolic OH excluding ortho intramolecular Hbond substituents is 1. The number of benzene rings is 2. The van der Waals surface area contributed by atoms with Crippen molar-refractivity contribution in [1.29, 1.82) is 0 Å². The van der Waals surface area contributed by atoms with Crippen LogP contribution in [0.4, 0.5) is 0 Å². The Morgan fingerprint density at radius 1 is 1.06 bits per heavy atom. The largest absolute Gasteiger partial charge is 0.507 e. The molecule has 1 atom stereocenters. The molecule has 0 radical (unpaired) electrons. The van der Waals surface area contributed by atoms with E-state index in [-0.39, 0.29) is 23.4 Å². The summed E-state index contributed by atoms with van der Waals surface area (Å²) >= 11 is 0. The maximum Gasteiger partial charge on any atom is 0.295 e. The zero-order valence-electron chi connectivity index (χ0n) is 18.0. The second-order valence-electron chi connectivity index (χ2n) is 7.46. The average molecular weight is 426 g/mol. The summed E-state index contributed by atoms with van der Waals surface area (Å²) in [7, 11) is 6.71. The van der Waals surface area contributed by atoms with Gasteiger partial charge in [0.1, 0.15) is 23.0 Å². The highest BCUT2D eigenvalue weighted by molar-refractivity contribution is 6.46. The molecule has 0 aromatic heterocycles. The van der Waals surface area contributed by atoms with Gasteiger partial charge in [-0.1, -0.05) is 12.1 Å². The molecule has 31 heavy (non-hydrogen) atoms. The van der Waals surface area contributed by atoms with Crippen LogP contribution in [0.1, 0.15) is 17.2 Å². The zero-order chi connectivity index (χ0) is 22.7. The van der Waals surface area contributed by atoms with E-state index >= 15 is 0 Å². The van der Waals surface area contributed by atoms with Crippen molar-refractivity contribution in [2.75, 3.05) is 41.4 Å². The monoisotopic (exact) mass is 426 g/mol. The van der Waals surface area contributed by atoms with E-state index in [2.05, 4.69) is 0 Å². The van der Waals surface area contributed by atoms with Crippen molar-refractivity contribution in [2.45, 2.75) is 6.04 Å². The molecule has 2 aromatic rings. The maximum atomic E-state index is 13.0. The number of likely N-dealkylation sites (N-methyl/N-ethyl adjacent to an activating group) is 1. The fourth-order valence-electron chi connectivity index (χ4n) is 3.56. The van der Waals surface area contributed by atoms with Gasteiger partial charge in [0, 0.05) is 19.2 Å². The van der Waals surface area contributed by atoms with Crippen LogP contribution in [0.3, 0.4) is 0 Å². The first kappa shape index (κ1) is 22.2. The Morgan fingerprint density at radius 2 is 1.74 bits per heavy atom. The Balaban J connectivity index is 2.18. The van der Waals surface area contributed by atoms with Gasteiger partial charge in [-0.15, -0.1) is 0 Å². The topological polar surface area (TPSA) is 99.5 Å². The summed E-state index contributed by atoms with van der Waals surface area (Å²) in [6.45, 7) is 0.812. The van der Waals surface area contributed by atoms with Gasteiger partial charge in [-0.2, -0.15) is 0 Å². The third-order valence-corrected chi connectivity index (χ3v) is 5.20. The molecule has 0 bridgehead atoms. The summed E-state index contributed by atoms with van der Waals surface area (Å²) in [4.78, 5) is 29.2. The Morgan fingerprint density at radius 3 is 2.35 bits per heavy atom. The van der Waals surface area contributed by atoms with Crippen molar-refractivity contribution in [3.8, 4) is 17.2 Å². The minimum Gasteiger partial charge on any atom is -0.507 e. The molecular weight excluding hydrogens is 400 g/mol. The molecule has 0 unspecified atom stereocenters. The molecule has 1 saturated heterocycles. The molecule has 3 rings (SSSR count). The Labute approximate surface area is 180 Å². The number of aliphatic hydroxyl groups excluding tert-OH is 1. The number of ketones is 1. The number of carbonyl (C=O) groups is 2. The van der Waals surface area contributed by atoms with Gasteiger partial charge < -0.3 is 29.5 Å². The maximum absolute atomic E-state index is 13.0. The number of hydrogen-bond acceptors (Lipinski definition) is 7. The van der Waals surface area contributed by atoms with Crippen molar-refractivity contribution in [3.63, 3.8) is 0 Å². The summed E-state index contributed by atoms with van der Waals surface area (Å²) in [5, 5.41) is 21.4. The number of ether oxygens (including phenoxy) is 2. The summed E-state index contributed by atoms with van der Waals surface area (Å²) in [6.07, 6.45) is 0. The lowest BCUT2D eigenvalue weighted by Gasteiger charge is -2.26. The normalized spacial score (nSPS) is 18.0. The van der Waals surface area contributed by atoms with E-state index in [1.54, 1.807) is 30.3 Å². The number of aromatic hydroxyl groups is 1. The smallest absolute Gasteiger partial charge is 0.295 e. The minimum atomic E-state index is -0.823. The number of nitrogens with zero attached hydrogens (tertiary/aromatic N) is 2. The van der Waals surface area contributed by atoms with Gasteiger partial charge in [0.05, 0.1) is 31.4 Å². The predicted octanol–water partition coefficient (Wildman–Crippen LogP) is 2.39. The average Bonchev–Trinajstić information content (AvgIpc) is 3.01. The van der Waals surface area contributed by atoms with Crippen molar-refractivity contribution in [1.82, 2.24) is 9.80 Å². The first-order chi connectivity index (χ1) is 14.8. The van der Waals surface area contributed by atoms with Crippen molar-refractivity contribution < 1.29 is 29.3 Å². The number of hydrogen-bond donors (Lipinski definition) is 2. The molecule has 164 valence electrons. The van der Waals surface area contributed by atoms with E-state index in [0.717, 1.165) is 0 Å². The van der Waals surface area contributed by atoms with Crippen LogP contribution < -0.4 is 9.47 Å². The molecule has 2 N–H and O–H groups in total. The molecule has 2 aromatic carbocycles. The van der Waals surface area contributed by atoms with Gasteiger partial charge in [-0.05, 0) is 43.9 Å². The molecule has 1 aliphatic heterocycles. The second kappa shape index (κ2) is 9.09. The second-order valence-corrected chi connectivity index (χ2v) is 7.46. The number of methoxy groups -OCH3 is 2. The van der Waals surface area contributed by atoms with Crippen LogP contribution in [-0.2, 0) is 9.59 Å². The molecule has 0 saturated carbocycles. The number of carbonyl (C=O) groups excluding carboxylic acids is 2. The van der Waals surface area contributed by atoms with Crippen LogP contribution in [0, 0.1) is 0 Å². The van der Waals surface area contributed by atoms with E-state index in [4.69, 9.17) is 9.47 Å². The van der Waals surface area contributed by atoms with Crippen molar-refractivity contribution >= 4 is 17.4 Å². The van der Waals surface area contributed by atoms with Gasteiger partial charge >= 0.3 is 0 Å². The number of rotatable bonds is 7. The highest BCUT2D eigenvalue weighted by Gasteiger charge is 2.46. The molecule has 8 nitrogen and oxygen atoms in total. The Hall–Kier alpha value is -3.52. The molecule has 1 heterocycles. The van der Waals surface area contributed by atoms with Crippen LogP contribution in [-0.4, -0.2) is 73.1 Å². The first-order valence-electron chi connectivity index (χ1n) is 9.73. The van der Waals surface area contributed by atoms with Gasteiger partial charge in [-0.25, -0.2) is 0 Å². The Kier molecular flexibility index (Phi) is 6.50. The number of aliphatic hydroxyl groups is 1.